The van der Waals surface area contributed by atoms with Crippen LogP contribution in [-0.4, -0.2) is 33.8 Å². The van der Waals surface area contributed by atoms with Crippen LogP contribution in [0.3, 0.4) is 0 Å². The van der Waals surface area contributed by atoms with Crippen LogP contribution in [0.4, 0.5) is 0 Å². The third-order valence-corrected chi connectivity index (χ3v) is 6.09. The summed E-state index contributed by atoms with van der Waals surface area (Å²) in [6.07, 6.45) is 9.63. The van der Waals surface area contributed by atoms with E-state index in [-0.39, 0.29) is 6.10 Å². The molecule has 1 fully saturated rings. The molecule has 1 unspecified atom stereocenters. The Bertz CT molecular complexity index is 687. The monoisotopic (exact) mass is 368 g/mol. The Hall–Kier alpha value is -1.58. The van der Waals surface area contributed by atoms with Crippen molar-refractivity contribution < 1.29 is 5.11 Å². The molecule has 1 aromatic heterocycles. The fourth-order valence-corrected chi connectivity index (χ4v) is 4.31. The van der Waals surface area contributed by atoms with Crippen molar-refractivity contribution in [3.05, 3.63) is 59.4 Å². The lowest BCUT2D eigenvalue weighted by molar-refractivity contribution is 0.0889. The topological polar surface area (TPSA) is 28.4 Å². The largest absolute Gasteiger partial charge is 0.392 e. The molecule has 0 spiro atoms. The first-order valence-corrected chi connectivity index (χ1v) is 10.7. The Morgan fingerprint density at radius 1 is 1.11 bits per heavy atom. The third-order valence-electron chi connectivity index (χ3n) is 6.09. The Balaban J connectivity index is 1.69. The zero-order valence-electron chi connectivity index (χ0n) is 17.1. The molecule has 3 rings (SSSR count). The number of hydrogen-bond acceptors (Lipinski definition) is 2. The second-order valence-corrected chi connectivity index (χ2v) is 8.31. The Labute approximate surface area is 165 Å². The van der Waals surface area contributed by atoms with Gasteiger partial charge in [-0.3, -0.25) is 4.90 Å². The lowest BCUT2D eigenvalue weighted by atomic mass is 9.89. The first-order valence-electron chi connectivity index (χ1n) is 10.7. The molecule has 0 radical (unpaired) electrons. The molecule has 27 heavy (non-hydrogen) atoms. The van der Waals surface area contributed by atoms with Crippen molar-refractivity contribution in [2.24, 2.45) is 5.92 Å². The molecule has 0 saturated heterocycles. The molecule has 1 aliphatic carbocycles. The summed E-state index contributed by atoms with van der Waals surface area (Å²) in [7, 11) is 0. The quantitative estimate of drug-likeness (QED) is 0.675. The van der Waals surface area contributed by atoms with Gasteiger partial charge in [-0.05, 0) is 55.4 Å². The van der Waals surface area contributed by atoms with E-state index in [1.807, 2.05) is 0 Å². The minimum atomic E-state index is -0.228. The molecule has 1 N–H and O–H groups in total. The highest BCUT2D eigenvalue weighted by molar-refractivity contribution is 5.26. The van der Waals surface area contributed by atoms with E-state index in [0.717, 1.165) is 38.5 Å². The van der Waals surface area contributed by atoms with Crippen LogP contribution in [0, 0.1) is 12.8 Å². The number of benzene rings is 1. The molecule has 3 nitrogen and oxygen atoms in total. The Kier molecular flexibility index (Phi) is 7.54. The van der Waals surface area contributed by atoms with Crippen molar-refractivity contribution in [2.75, 3.05) is 13.1 Å². The molecule has 1 aromatic carbocycles. The molecule has 0 bridgehead atoms. The highest BCUT2D eigenvalue weighted by Crippen LogP contribution is 2.25. The summed E-state index contributed by atoms with van der Waals surface area (Å²) >= 11 is 0. The predicted octanol–water partition coefficient (Wildman–Crippen LogP) is 5.00. The van der Waals surface area contributed by atoms with Crippen LogP contribution in [0.25, 0.3) is 0 Å². The lowest BCUT2D eigenvalue weighted by Gasteiger charge is -2.31. The van der Waals surface area contributed by atoms with Gasteiger partial charge in [0.25, 0.3) is 0 Å². The number of aliphatic hydroxyl groups is 1. The highest BCUT2D eigenvalue weighted by Gasteiger charge is 2.20. The molecule has 1 aliphatic rings. The van der Waals surface area contributed by atoms with Gasteiger partial charge < -0.3 is 9.67 Å². The number of hydrogen-bond donors (Lipinski definition) is 1. The minimum Gasteiger partial charge on any atom is -0.392 e. The van der Waals surface area contributed by atoms with Crippen molar-refractivity contribution in [3.63, 3.8) is 0 Å². The second kappa shape index (κ2) is 10.1. The van der Waals surface area contributed by atoms with Gasteiger partial charge >= 0.3 is 0 Å². The maximum Gasteiger partial charge on any atom is 0.0664 e. The van der Waals surface area contributed by atoms with Crippen LogP contribution in [-0.2, 0) is 13.1 Å². The fraction of sp³-hybridized carbons (Fsp3) is 0.583. The predicted molar refractivity (Wildman–Crippen MR) is 113 cm³/mol. The van der Waals surface area contributed by atoms with E-state index in [0.29, 0.717) is 0 Å². The lowest BCUT2D eigenvalue weighted by Crippen LogP contribution is -2.36. The van der Waals surface area contributed by atoms with Gasteiger partial charge in [0, 0.05) is 38.1 Å². The van der Waals surface area contributed by atoms with E-state index in [2.05, 4.69) is 65.9 Å². The summed E-state index contributed by atoms with van der Waals surface area (Å²) < 4.78 is 2.37. The van der Waals surface area contributed by atoms with Gasteiger partial charge in [0.05, 0.1) is 6.10 Å². The molecule has 0 aliphatic heterocycles. The molecule has 2 aromatic rings. The average Bonchev–Trinajstić information content (AvgIpc) is 3.11. The number of aromatic nitrogens is 1. The normalized spacial score (nSPS) is 16.7. The minimum absolute atomic E-state index is 0.228. The molecule has 3 heteroatoms. The molecule has 1 atom stereocenters. The van der Waals surface area contributed by atoms with Crippen molar-refractivity contribution in [2.45, 2.75) is 71.6 Å². The van der Waals surface area contributed by atoms with Crippen LogP contribution < -0.4 is 0 Å². The molecule has 148 valence electrons. The van der Waals surface area contributed by atoms with Gasteiger partial charge in [-0.15, -0.1) is 0 Å². The summed E-state index contributed by atoms with van der Waals surface area (Å²) in [5.41, 5.74) is 4.07. The molecule has 1 saturated carbocycles. The smallest absolute Gasteiger partial charge is 0.0664 e. The van der Waals surface area contributed by atoms with Gasteiger partial charge in [0.15, 0.2) is 0 Å². The van der Waals surface area contributed by atoms with E-state index < -0.39 is 0 Å². The average molecular weight is 369 g/mol. The second-order valence-electron chi connectivity index (χ2n) is 8.31. The van der Waals surface area contributed by atoms with E-state index >= 15 is 0 Å². The van der Waals surface area contributed by atoms with Crippen LogP contribution in [0.15, 0.2) is 42.6 Å². The van der Waals surface area contributed by atoms with E-state index in [4.69, 9.17) is 0 Å². The third kappa shape index (κ3) is 5.95. The standard InChI is InChI=1S/C24H36N2O/c1-3-24(27)19-25(16-21-11-5-4-6-12-21)18-23-14-9-15-26(23)17-22-13-8-7-10-20(22)2/h7-10,13-15,21,24,27H,3-6,11-12,16-19H2,1-2H3. The van der Waals surface area contributed by atoms with Gasteiger partial charge in [-0.25, -0.2) is 0 Å². The van der Waals surface area contributed by atoms with Crippen LogP contribution in [0.2, 0.25) is 0 Å². The SMILES string of the molecule is CCC(O)CN(Cc1cccn1Cc1ccccc1C)CC1CCCCC1. The number of aryl methyl sites for hydroxylation is 1. The van der Waals surface area contributed by atoms with Crippen molar-refractivity contribution in [1.29, 1.82) is 0 Å². The maximum atomic E-state index is 10.3. The number of nitrogens with zero attached hydrogens (tertiary/aromatic N) is 2. The number of aliphatic hydroxyl groups excluding tert-OH is 1. The summed E-state index contributed by atoms with van der Waals surface area (Å²) in [5.74, 6) is 0.794. The van der Waals surface area contributed by atoms with E-state index in [1.54, 1.807) is 0 Å². The van der Waals surface area contributed by atoms with Gasteiger partial charge in [-0.2, -0.15) is 0 Å². The Morgan fingerprint density at radius 2 is 1.89 bits per heavy atom. The zero-order chi connectivity index (χ0) is 19.1. The highest BCUT2D eigenvalue weighted by atomic mass is 16.3. The van der Waals surface area contributed by atoms with Crippen molar-refractivity contribution in [1.82, 2.24) is 9.47 Å². The fourth-order valence-electron chi connectivity index (χ4n) is 4.31. The summed E-state index contributed by atoms with van der Waals surface area (Å²) in [5, 5.41) is 10.3. The zero-order valence-corrected chi connectivity index (χ0v) is 17.1. The Morgan fingerprint density at radius 3 is 2.63 bits per heavy atom. The summed E-state index contributed by atoms with van der Waals surface area (Å²) in [6, 6.07) is 13.0. The molecule has 1 heterocycles. The van der Waals surface area contributed by atoms with Crippen LogP contribution in [0.1, 0.15) is 62.3 Å². The molecule has 0 amide bonds. The maximum absolute atomic E-state index is 10.3. The van der Waals surface area contributed by atoms with Crippen LogP contribution >= 0.6 is 0 Å². The van der Waals surface area contributed by atoms with Gasteiger partial charge in [0.2, 0.25) is 0 Å². The first-order chi connectivity index (χ1) is 13.2. The summed E-state index contributed by atoms with van der Waals surface area (Å²) in [6.45, 7) is 8.00. The molecular weight excluding hydrogens is 332 g/mol. The van der Waals surface area contributed by atoms with Crippen LogP contribution in [0.5, 0.6) is 0 Å². The van der Waals surface area contributed by atoms with E-state index in [1.165, 1.54) is 48.9 Å². The van der Waals surface area contributed by atoms with Crippen molar-refractivity contribution >= 4 is 0 Å². The molecular formula is C24H36N2O. The first kappa shape index (κ1) is 20.2. The van der Waals surface area contributed by atoms with Crippen molar-refractivity contribution in [3.8, 4) is 0 Å². The van der Waals surface area contributed by atoms with Gasteiger partial charge in [-0.1, -0.05) is 50.5 Å². The summed E-state index contributed by atoms with van der Waals surface area (Å²) in [4.78, 5) is 2.49. The number of rotatable bonds is 9. The van der Waals surface area contributed by atoms with Gasteiger partial charge in [0.1, 0.15) is 0 Å². The van der Waals surface area contributed by atoms with E-state index in [9.17, 15) is 5.11 Å².